The molecule has 0 amide bonds. The summed E-state index contributed by atoms with van der Waals surface area (Å²) in [6, 6.07) is 9.94. The van der Waals surface area contributed by atoms with Crippen LogP contribution in [0, 0.1) is 11.8 Å². The molecule has 4 rings (SSSR count). The third kappa shape index (κ3) is 4.92. The summed E-state index contributed by atoms with van der Waals surface area (Å²) in [5.74, 6) is 5.56. The summed E-state index contributed by atoms with van der Waals surface area (Å²) in [5, 5.41) is 4.69. The lowest BCUT2D eigenvalue weighted by Gasteiger charge is -2.08. The molecule has 3 heterocycles. The predicted molar refractivity (Wildman–Crippen MR) is 126 cm³/mol. The van der Waals surface area contributed by atoms with Gasteiger partial charge in [-0.3, -0.25) is 0 Å². The number of nitrogens with one attached hydrogen (secondary N) is 1. The number of aromatic nitrogens is 4. The van der Waals surface area contributed by atoms with Crippen LogP contribution >= 0.6 is 0 Å². The molecule has 0 aliphatic heterocycles. The monoisotopic (exact) mass is 474 g/mol. The van der Waals surface area contributed by atoms with Crippen LogP contribution in [0.4, 0.5) is 17.3 Å². The van der Waals surface area contributed by atoms with Gasteiger partial charge in [-0.25, -0.2) is 33.1 Å². The fourth-order valence-electron chi connectivity index (χ4n) is 3.00. The Labute approximate surface area is 195 Å². The predicted octanol–water partition coefficient (Wildman–Crippen LogP) is 2.34. The third-order valence-corrected chi connectivity index (χ3v) is 5.82. The van der Waals surface area contributed by atoms with E-state index in [1.807, 2.05) is 0 Å². The van der Waals surface area contributed by atoms with E-state index in [0.717, 1.165) is 17.0 Å². The normalized spacial score (nSPS) is 10.9. The lowest BCUT2D eigenvalue weighted by molar-refractivity contribution is 0.0595. The van der Waals surface area contributed by atoms with Crippen molar-refractivity contribution in [2.24, 2.45) is 0 Å². The van der Waals surface area contributed by atoms with Crippen molar-refractivity contribution in [3.8, 4) is 11.8 Å². The van der Waals surface area contributed by atoms with Crippen LogP contribution in [0.1, 0.15) is 21.9 Å². The molecular weight excluding hydrogens is 456 g/mol. The van der Waals surface area contributed by atoms with E-state index >= 15 is 0 Å². The quantitative estimate of drug-likeness (QED) is 0.333. The van der Waals surface area contributed by atoms with Crippen molar-refractivity contribution < 1.29 is 17.9 Å². The number of methoxy groups -OCH3 is 1. The van der Waals surface area contributed by atoms with Crippen LogP contribution in [0.25, 0.3) is 10.8 Å². The largest absolute Gasteiger partial charge is 0.464 e. The molecule has 0 spiro atoms. The minimum absolute atomic E-state index is 0.0490. The number of ether oxygens (including phenoxy) is 1. The number of carbonyl (C=O) groups is 1. The van der Waals surface area contributed by atoms with Crippen LogP contribution in [0.5, 0.6) is 0 Å². The summed E-state index contributed by atoms with van der Waals surface area (Å²) in [4.78, 5) is 28.8. The van der Waals surface area contributed by atoms with Crippen molar-refractivity contribution in [3.63, 3.8) is 0 Å². The van der Waals surface area contributed by atoms with Crippen LogP contribution in [0.2, 0.25) is 0 Å². The zero-order valence-corrected chi connectivity index (χ0v) is 18.9. The van der Waals surface area contributed by atoms with Crippen molar-refractivity contribution in [1.82, 2.24) is 19.9 Å². The van der Waals surface area contributed by atoms with E-state index in [0.29, 0.717) is 17.2 Å². The van der Waals surface area contributed by atoms with Crippen molar-refractivity contribution in [2.45, 2.75) is 4.90 Å². The summed E-state index contributed by atoms with van der Waals surface area (Å²) in [6.45, 7) is 0. The molecule has 3 aromatic heterocycles. The van der Waals surface area contributed by atoms with Gasteiger partial charge < -0.3 is 15.8 Å². The second-order valence-corrected chi connectivity index (χ2v) is 9.12. The average molecular weight is 475 g/mol. The number of esters is 1. The molecule has 4 aromatic rings. The van der Waals surface area contributed by atoms with Crippen molar-refractivity contribution in [3.05, 3.63) is 72.1 Å². The Bertz CT molecular complexity index is 1580. The number of hydrogen-bond donors (Lipinski definition) is 2. The Hall–Kier alpha value is -4.56. The first-order valence-corrected chi connectivity index (χ1v) is 11.7. The Morgan fingerprint density at radius 1 is 1.06 bits per heavy atom. The van der Waals surface area contributed by atoms with Crippen molar-refractivity contribution >= 4 is 43.9 Å². The van der Waals surface area contributed by atoms with Gasteiger partial charge >= 0.3 is 5.97 Å². The molecule has 0 saturated heterocycles. The van der Waals surface area contributed by atoms with Crippen LogP contribution in [-0.4, -0.2) is 47.7 Å². The Kier molecular flexibility index (Phi) is 6.07. The van der Waals surface area contributed by atoms with Gasteiger partial charge in [0.1, 0.15) is 17.2 Å². The number of hydrogen-bond acceptors (Lipinski definition) is 10. The maximum Gasteiger partial charge on any atom is 0.360 e. The summed E-state index contributed by atoms with van der Waals surface area (Å²) in [7, 11) is -2.05. The minimum atomic E-state index is -3.28. The van der Waals surface area contributed by atoms with Gasteiger partial charge in [0.25, 0.3) is 0 Å². The van der Waals surface area contributed by atoms with Gasteiger partial charge in [0.2, 0.25) is 0 Å². The van der Waals surface area contributed by atoms with Crippen LogP contribution in [0.15, 0.2) is 59.9 Å². The standard InChI is InChI=1S/C23H18N6O4S/c1-33-23(30)21-22(24)27-13-16(29-21)5-8-19-18-11-20(26-12-14(18)9-10-25-19)28-15-3-6-17(7-4-15)34(2,31)32/h3-4,6-7,9-13H,1-2H3,(H2,24,27)(H,26,28). The number of carbonyl (C=O) groups excluding carboxylic acids is 1. The first-order valence-electron chi connectivity index (χ1n) is 9.79. The van der Waals surface area contributed by atoms with Gasteiger partial charge in [-0.05, 0) is 48.2 Å². The van der Waals surface area contributed by atoms with Crippen LogP contribution in [-0.2, 0) is 14.6 Å². The van der Waals surface area contributed by atoms with E-state index in [9.17, 15) is 13.2 Å². The van der Waals surface area contributed by atoms with Gasteiger partial charge in [-0.1, -0.05) is 0 Å². The van der Waals surface area contributed by atoms with E-state index in [2.05, 4.69) is 41.8 Å². The van der Waals surface area contributed by atoms with Gasteiger partial charge in [-0.2, -0.15) is 0 Å². The summed E-state index contributed by atoms with van der Waals surface area (Å²) in [6.07, 6.45) is 5.80. The molecule has 0 radical (unpaired) electrons. The number of sulfone groups is 1. The average Bonchev–Trinajstić information content (AvgIpc) is 2.83. The molecule has 0 atom stereocenters. The van der Waals surface area contributed by atoms with E-state index in [-0.39, 0.29) is 22.1 Å². The highest BCUT2D eigenvalue weighted by atomic mass is 32.2. The SMILES string of the molecule is COC(=O)c1nc(C#Cc2nccc3cnc(Nc4ccc(S(C)(=O)=O)cc4)cc23)cnc1N. The number of nitrogen functional groups attached to an aromatic ring is 1. The van der Waals surface area contributed by atoms with Gasteiger partial charge in [0.05, 0.1) is 18.2 Å². The molecule has 34 heavy (non-hydrogen) atoms. The molecule has 170 valence electrons. The maximum absolute atomic E-state index is 11.8. The second-order valence-electron chi connectivity index (χ2n) is 7.10. The zero-order valence-electron chi connectivity index (χ0n) is 18.1. The molecule has 10 nitrogen and oxygen atoms in total. The van der Waals surface area contributed by atoms with Crippen molar-refractivity contribution in [1.29, 1.82) is 0 Å². The number of rotatable bonds is 4. The van der Waals surface area contributed by atoms with Gasteiger partial charge in [0, 0.05) is 35.1 Å². The molecule has 0 unspecified atom stereocenters. The number of fused-ring (bicyclic) bond motifs is 1. The molecule has 11 heteroatoms. The number of benzene rings is 1. The molecule has 0 aliphatic carbocycles. The Morgan fingerprint density at radius 3 is 2.53 bits per heavy atom. The van der Waals surface area contributed by atoms with Crippen molar-refractivity contribution in [2.75, 3.05) is 24.4 Å². The number of nitrogens with zero attached hydrogens (tertiary/aromatic N) is 4. The molecule has 0 aliphatic rings. The molecule has 0 fully saturated rings. The number of anilines is 3. The highest BCUT2D eigenvalue weighted by Crippen LogP contribution is 2.22. The van der Waals surface area contributed by atoms with Gasteiger partial charge in [-0.15, -0.1) is 0 Å². The summed E-state index contributed by atoms with van der Waals surface area (Å²) < 4.78 is 27.9. The lowest BCUT2D eigenvalue weighted by Crippen LogP contribution is -2.10. The molecule has 1 aromatic carbocycles. The fourth-order valence-corrected chi connectivity index (χ4v) is 3.63. The minimum Gasteiger partial charge on any atom is -0.464 e. The Morgan fingerprint density at radius 2 is 1.82 bits per heavy atom. The van der Waals surface area contributed by atoms with E-state index < -0.39 is 15.8 Å². The molecular formula is C23H18N6O4S. The lowest BCUT2D eigenvalue weighted by atomic mass is 10.1. The van der Waals surface area contributed by atoms with Crippen LogP contribution in [0.3, 0.4) is 0 Å². The van der Waals surface area contributed by atoms with E-state index in [1.165, 1.54) is 25.4 Å². The second kappa shape index (κ2) is 9.13. The molecule has 3 N–H and O–H groups in total. The highest BCUT2D eigenvalue weighted by molar-refractivity contribution is 7.90. The highest BCUT2D eigenvalue weighted by Gasteiger charge is 2.13. The molecule has 0 saturated carbocycles. The van der Waals surface area contributed by atoms with Gasteiger partial charge in [0.15, 0.2) is 21.3 Å². The maximum atomic E-state index is 11.8. The van der Waals surface area contributed by atoms with Crippen LogP contribution < -0.4 is 11.1 Å². The van der Waals surface area contributed by atoms with E-state index in [1.54, 1.807) is 36.7 Å². The molecule has 0 bridgehead atoms. The summed E-state index contributed by atoms with van der Waals surface area (Å²) >= 11 is 0. The fraction of sp³-hybridized carbons (Fsp3) is 0.0870. The third-order valence-electron chi connectivity index (χ3n) is 4.69. The topological polar surface area (TPSA) is 150 Å². The number of pyridine rings is 2. The van der Waals surface area contributed by atoms with E-state index in [4.69, 9.17) is 5.73 Å². The smallest absolute Gasteiger partial charge is 0.360 e. The number of nitrogens with two attached hydrogens (primary N) is 1. The zero-order chi connectivity index (χ0) is 24.3. The first kappa shape index (κ1) is 22.6. The first-order chi connectivity index (χ1) is 16.2. The Balaban J connectivity index is 1.66. The summed E-state index contributed by atoms with van der Waals surface area (Å²) in [5.41, 5.74) is 6.93.